The lowest BCUT2D eigenvalue weighted by molar-refractivity contribution is 0.669. The molecule has 0 N–H and O–H groups in total. The molecule has 71 heavy (non-hydrogen) atoms. The Bertz CT molecular complexity index is 4510. The maximum absolute atomic E-state index is 6.80. The average molecular weight is 902 g/mol. The summed E-state index contributed by atoms with van der Waals surface area (Å²) in [7, 11) is 0. The van der Waals surface area contributed by atoms with Crippen molar-refractivity contribution >= 4 is 106 Å². The third kappa shape index (κ3) is 5.40. The van der Waals surface area contributed by atoms with Gasteiger partial charge < -0.3 is 18.5 Å². The molecule has 16 rings (SSSR count). The molecule has 0 atom stereocenters. The lowest BCUT2D eigenvalue weighted by atomic mass is 9.33. The molecular formula is C66H40BN3O. The monoisotopic (exact) mass is 901 g/mol. The van der Waals surface area contributed by atoms with Gasteiger partial charge in [-0.2, -0.15) is 0 Å². The van der Waals surface area contributed by atoms with Gasteiger partial charge in [-0.15, -0.1) is 0 Å². The SMILES string of the molecule is c1ccc(-c2ccc(-c3ccccc3N3c4cc5c(cc4B4c6c3cc(-c3ccccc3)cc6-n3c6ccc7c(c8ccccc8n7-c7ccccc7)c6c6cccc4c63)oc3ccccc35)cc2)cc1. The number of aromatic nitrogens is 2. The number of nitrogens with zero attached hydrogens (tertiary/aromatic N) is 3. The van der Waals surface area contributed by atoms with Crippen LogP contribution in [0.1, 0.15) is 0 Å². The molecule has 14 aromatic rings. The van der Waals surface area contributed by atoms with E-state index in [1.807, 2.05) is 0 Å². The van der Waals surface area contributed by atoms with Crippen LogP contribution < -0.4 is 21.3 Å². The summed E-state index contributed by atoms with van der Waals surface area (Å²) in [4.78, 5) is 2.57. The summed E-state index contributed by atoms with van der Waals surface area (Å²) in [5, 5.41) is 7.28. The van der Waals surface area contributed by atoms with Gasteiger partial charge in [0.15, 0.2) is 0 Å². The van der Waals surface area contributed by atoms with E-state index in [9.17, 15) is 0 Å². The van der Waals surface area contributed by atoms with Crippen molar-refractivity contribution in [3.8, 4) is 44.8 Å². The van der Waals surface area contributed by atoms with E-state index in [1.54, 1.807) is 0 Å². The van der Waals surface area contributed by atoms with Gasteiger partial charge in [-0.05, 0) is 111 Å². The Labute approximate surface area is 409 Å². The molecule has 11 aromatic carbocycles. The van der Waals surface area contributed by atoms with Crippen molar-refractivity contribution in [1.29, 1.82) is 0 Å². The van der Waals surface area contributed by atoms with Crippen molar-refractivity contribution in [3.63, 3.8) is 0 Å². The Morgan fingerprint density at radius 3 is 1.73 bits per heavy atom. The Hall–Kier alpha value is -9.32. The molecule has 0 fully saturated rings. The van der Waals surface area contributed by atoms with Crippen molar-refractivity contribution in [2.75, 3.05) is 4.90 Å². The first kappa shape index (κ1) is 38.6. The summed E-state index contributed by atoms with van der Waals surface area (Å²) in [5.41, 5.74) is 23.3. The second kappa shape index (κ2) is 14.6. The fourth-order valence-electron chi connectivity index (χ4n) is 12.5. The molecule has 4 nitrogen and oxygen atoms in total. The van der Waals surface area contributed by atoms with E-state index in [0.717, 1.165) is 50.1 Å². The normalized spacial score (nSPS) is 12.7. The van der Waals surface area contributed by atoms with Gasteiger partial charge in [-0.1, -0.05) is 176 Å². The number of fused-ring (bicyclic) bond motifs is 14. The van der Waals surface area contributed by atoms with Crippen LogP contribution in [-0.2, 0) is 0 Å². The van der Waals surface area contributed by atoms with E-state index in [2.05, 4.69) is 257 Å². The van der Waals surface area contributed by atoms with E-state index < -0.39 is 0 Å². The third-order valence-corrected chi connectivity index (χ3v) is 15.5. The number of hydrogen-bond acceptors (Lipinski definition) is 2. The minimum absolute atomic E-state index is 0.0901. The van der Waals surface area contributed by atoms with Gasteiger partial charge in [0, 0.05) is 66.1 Å². The number of hydrogen-bond donors (Lipinski definition) is 0. The molecule has 0 aliphatic carbocycles. The van der Waals surface area contributed by atoms with Crippen LogP contribution in [0.2, 0.25) is 0 Å². The van der Waals surface area contributed by atoms with Crippen LogP contribution in [0.4, 0.5) is 17.1 Å². The van der Waals surface area contributed by atoms with Crippen molar-refractivity contribution in [1.82, 2.24) is 9.13 Å². The summed E-state index contributed by atoms with van der Waals surface area (Å²) >= 11 is 0. The second-order valence-corrected chi connectivity index (χ2v) is 19.1. The first-order valence-corrected chi connectivity index (χ1v) is 24.5. The van der Waals surface area contributed by atoms with Gasteiger partial charge in [0.2, 0.25) is 0 Å². The molecule has 5 heterocycles. The fourth-order valence-corrected chi connectivity index (χ4v) is 12.5. The maximum Gasteiger partial charge on any atom is 0.252 e. The van der Waals surface area contributed by atoms with Gasteiger partial charge in [-0.25, -0.2) is 0 Å². The van der Waals surface area contributed by atoms with Crippen molar-refractivity contribution in [3.05, 3.63) is 243 Å². The van der Waals surface area contributed by atoms with Crippen LogP contribution in [0.25, 0.3) is 110 Å². The molecule has 0 amide bonds. The molecule has 5 heteroatoms. The quantitative estimate of drug-likeness (QED) is 0.161. The fraction of sp³-hybridized carbons (Fsp3) is 0. The van der Waals surface area contributed by atoms with Crippen molar-refractivity contribution < 1.29 is 4.42 Å². The number of benzene rings is 11. The summed E-state index contributed by atoms with van der Waals surface area (Å²) in [6.07, 6.45) is 0. The van der Waals surface area contributed by atoms with E-state index in [-0.39, 0.29) is 6.71 Å². The molecule has 0 unspecified atom stereocenters. The molecule has 0 bridgehead atoms. The highest BCUT2D eigenvalue weighted by molar-refractivity contribution is 7.00. The zero-order chi connectivity index (χ0) is 46.3. The Morgan fingerprint density at radius 2 is 0.930 bits per heavy atom. The molecule has 0 radical (unpaired) electrons. The van der Waals surface area contributed by atoms with Gasteiger partial charge >= 0.3 is 0 Å². The number of anilines is 3. The van der Waals surface area contributed by atoms with Crippen molar-refractivity contribution in [2.24, 2.45) is 0 Å². The Kier molecular flexibility index (Phi) is 7.94. The maximum atomic E-state index is 6.80. The largest absolute Gasteiger partial charge is 0.456 e. The predicted molar refractivity (Wildman–Crippen MR) is 298 cm³/mol. The highest BCUT2D eigenvalue weighted by atomic mass is 16.3. The van der Waals surface area contributed by atoms with Gasteiger partial charge in [0.05, 0.1) is 22.2 Å². The first-order chi connectivity index (χ1) is 35.2. The zero-order valence-corrected chi connectivity index (χ0v) is 38.4. The van der Waals surface area contributed by atoms with E-state index in [0.29, 0.717) is 0 Å². The highest BCUT2D eigenvalue weighted by Crippen LogP contribution is 2.49. The summed E-state index contributed by atoms with van der Waals surface area (Å²) in [6, 6.07) is 89.3. The molecule has 0 saturated carbocycles. The molecule has 3 aromatic heterocycles. The molecule has 2 aliphatic rings. The Morgan fingerprint density at radius 1 is 0.324 bits per heavy atom. The van der Waals surface area contributed by atoms with E-state index >= 15 is 0 Å². The molecular weight excluding hydrogens is 862 g/mol. The molecule has 2 aliphatic heterocycles. The van der Waals surface area contributed by atoms with Crippen LogP contribution in [0, 0.1) is 0 Å². The standard InChI is InChI=1S/C66H40BN3O/c1-4-17-41(18-5-1)43-31-33-44(34-32-43)47-23-10-13-28-54(47)69-58-39-51-48-24-12-15-30-61(48)71-62(51)40-53(58)67-52-27-16-26-50-64-57(70(66(50)52)60-38-45(37-59(69)65(60)67)42-19-6-2-7-20-42)36-35-56-63(64)49-25-11-14-29-55(49)68(56)46-21-8-3-9-22-46/h1-40H. The topological polar surface area (TPSA) is 26.2 Å². The number of rotatable bonds is 5. The van der Waals surface area contributed by atoms with Crippen LogP contribution in [0.15, 0.2) is 247 Å². The molecule has 0 saturated heterocycles. The first-order valence-electron chi connectivity index (χ1n) is 24.5. The van der Waals surface area contributed by atoms with E-state index in [1.165, 1.54) is 93.6 Å². The van der Waals surface area contributed by atoms with Gasteiger partial charge in [0.25, 0.3) is 6.71 Å². The second-order valence-electron chi connectivity index (χ2n) is 19.1. The van der Waals surface area contributed by atoms with Crippen LogP contribution in [0.3, 0.4) is 0 Å². The molecule has 0 spiro atoms. The average Bonchev–Trinajstić information content (AvgIpc) is 4.11. The summed E-state index contributed by atoms with van der Waals surface area (Å²) < 4.78 is 11.8. The minimum Gasteiger partial charge on any atom is -0.456 e. The van der Waals surface area contributed by atoms with Crippen LogP contribution in [0.5, 0.6) is 0 Å². The van der Waals surface area contributed by atoms with Gasteiger partial charge in [0.1, 0.15) is 11.2 Å². The zero-order valence-electron chi connectivity index (χ0n) is 38.4. The lowest BCUT2D eigenvalue weighted by Crippen LogP contribution is -2.60. The number of para-hydroxylation sites is 5. The smallest absolute Gasteiger partial charge is 0.252 e. The highest BCUT2D eigenvalue weighted by Gasteiger charge is 2.43. The number of furan rings is 1. The molecule has 328 valence electrons. The predicted octanol–water partition coefficient (Wildman–Crippen LogP) is 15.4. The van der Waals surface area contributed by atoms with Crippen LogP contribution in [-0.4, -0.2) is 15.8 Å². The van der Waals surface area contributed by atoms with Crippen molar-refractivity contribution in [2.45, 2.75) is 0 Å². The summed E-state index contributed by atoms with van der Waals surface area (Å²) in [6.45, 7) is -0.0901. The third-order valence-electron chi connectivity index (χ3n) is 15.5. The lowest BCUT2D eigenvalue weighted by Gasteiger charge is -2.41. The summed E-state index contributed by atoms with van der Waals surface area (Å²) in [5.74, 6) is 0. The Balaban J connectivity index is 1.04. The van der Waals surface area contributed by atoms with Gasteiger partial charge in [-0.3, -0.25) is 0 Å². The minimum atomic E-state index is -0.0901. The van der Waals surface area contributed by atoms with Crippen LogP contribution >= 0.6 is 0 Å². The van der Waals surface area contributed by atoms with E-state index in [4.69, 9.17) is 4.42 Å².